The van der Waals surface area contributed by atoms with E-state index in [0.29, 0.717) is 0 Å². The van der Waals surface area contributed by atoms with Gasteiger partial charge in [-0.2, -0.15) is 0 Å². The van der Waals surface area contributed by atoms with Crippen LogP contribution in [0.4, 0.5) is 0 Å². The standard InChI is InChI=1S/C32H20N6/c1-3-9-27-23(7-1)25-19-21(31-33-15-5-16-34-31)11-13-29(25)37(27)38-28-10-4-2-8-24(28)26-20-22(12-14-30(26)38)32-35-17-6-18-36-32/h1-20H. The van der Waals surface area contributed by atoms with Gasteiger partial charge in [-0.15, -0.1) is 0 Å². The van der Waals surface area contributed by atoms with Gasteiger partial charge in [-0.25, -0.2) is 29.3 Å². The quantitative estimate of drug-likeness (QED) is 0.265. The van der Waals surface area contributed by atoms with E-state index in [4.69, 9.17) is 0 Å². The van der Waals surface area contributed by atoms with Gasteiger partial charge in [0.15, 0.2) is 11.6 Å². The molecule has 0 saturated heterocycles. The average molecular weight is 489 g/mol. The zero-order chi connectivity index (χ0) is 25.1. The number of aromatic nitrogens is 6. The van der Waals surface area contributed by atoms with Crippen LogP contribution in [0.15, 0.2) is 122 Å². The Morgan fingerprint density at radius 3 is 1.21 bits per heavy atom. The van der Waals surface area contributed by atoms with Crippen LogP contribution in [-0.2, 0) is 0 Å². The van der Waals surface area contributed by atoms with E-state index >= 15 is 0 Å². The largest absolute Gasteiger partial charge is 0.248 e. The zero-order valence-corrected chi connectivity index (χ0v) is 20.2. The maximum Gasteiger partial charge on any atom is 0.159 e. The summed E-state index contributed by atoms with van der Waals surface area (Å²) in [5.41, 5.74) is 6.48. The first-order valence-corrected chi connectivity index (χ1v) is 12.5. The van der Waals surface area contributed by atoms with E-state index in [-0.39, 0.29) is 0 Å². The van der Waals surface area contributed by atoms with Crippen LogP contribution in [0.5, 0.6) is 0 Å². The first-order chi connectivity index (χ1) is 18.9. The fraction of sp³-hybridized carbons (Fsp3) is 0. The Morgan fingerprint density at radius 1 is 0.368 bits per heavy atom. The summed E-state index contributed by atoms with van der Waals surface area (Å²) < 4.78 is 4.65. The van der Waals surface area contributed by atoms with E-state index in [2.05, 4.69) is 114 Å². The SMILES string of the molecule is c1cnc(-c2ccc3c(c2)c2ccccc2n3-n2c3ccccc3c3cc(-c4ncccn4)ccc32)nc1. The van der Waals surface area contributed by atoms with Crippen molar-refractivity contribution in [1.29, 1.82) is 0 Å². The van der Waals surface area contributed by atoms with Gasteiger partial charge in [-0.3, -0.25) is 0 Å². The van der Waals surface area contributed by atoms with Crippen molar-refractivity contribution in [1.82, 2.24) is 29.3 Å². The minimum atomic E-state index is 0.721. The van der Waals surface area contributed by atoms with Crippen molar-refractivity contribution < 1.29 is 0 Å². The number of para-hydroxylation sites is 2. The van der Waals surface area contributed by atoms with E-state index in [1.807, 2.05) is 12.1 Å². The smallest absolute Gasteiger partial charge is 0.159 e. The molecule has 0 aliphatic heterocycles. The molecule has 4 heterocycles. The Bertz CT molecular complexity index is 1970. The van der Waals surface area contributed by atoms with Crippen molar-refractivity contribution in [2.24, 2.45) is 0 Å². The molecule has 8 aromatic rings. The Hall–Kier alpha value is -5.36. The second-order valence-electron chi connectivity index (χ2n) is 9.27. The minimum absolute atomic E-state index is 0.721. The van der Waals surface area contributed by atoms with Crippen LogP contribution in [0.1, 0.15) is 0 Å². The maximum atomic E-state index is 4.47. The topological polar surface area (TPSA) is 61.4 Å². The summed E-state index contributed by atoms with van der Waals surface area (Å²) in [5.74, 6) is 1.44. The second-order valence-corrected chi connectivity index (χ2v) is 9.27. The lowest BCUT2D eigenvalue weighted by atomic mass is 10.1. The Morgan fingerprint density at radius 2 is 0.763 bits per heavy atom. The van der Waals surface area contributed by atoms with Crippen LogP contribution in [0.2, 0.25) is 0 Å². The molecule has 0 spiro atoms. The van der Waals surface area contributed by atoms with Crippen LogP contribution in [0, 0.1) is 0 Å². The number of fused-ring (bicyclic) bond motifs is 6. The van der Waals surface area contributed by atoms with E-state index in [0.717, 1.165) is 55.6 Å². The molecule has 0 radical (unpaired) electrons. The van der Waals surface area contributed by atoms with Gasteiger partial charge in [-0.05, 0) is 60.7 Å². The Kier molecular flexibility index (Phi) is 4.42. The van der Waals surface area contributed by atoms with Crippen molar-refractivity contribution >= 4 is 43.6 Å². The molecular weight excluding hydrogens is 468 g/mol. The third kappa shape index (κ3) is 3.01. The van der Waals surface area contributed by atoms with Gasteiger partial charge in [0.05, 0.1) is 22.1 Å². The van der Waals surface area contributed by atoms with Crippen molar-refractivity contribution in [3.8, 4) is 22.8 Å². The lowest BCUT2D eigenvalue weighted by Gasteiger charge is -2.13. The molecule has 0 aliphatic carbocycles. The van der Waals surface area contributed by atoms with Crippen molar-refractivity contribution in [2.75, 3.05) is 0 Å². The van der Waals surface area contributed by atoms with Crippen LogP contribution in [0.3, 0.4) is 0 Å². The van der Waals surface area contributed by atoms with Gasteiger partial charge < -0.3 is 0 Å². The predicted octanol–water partition coefficient (Wildman–Crippen LogP) is 7.13. The highest BCUT2D eigenvalue weighted by Gasteiger charge is 2.19. The molecule has 38 heavy (non-hydrogen) atoms. The molecule has 4 aromatic heterocycles. The normalized spacial score (nSPS) is 11.7. The molecule has 0 saturated carbocycles. The van der Waals surface area contributed by atoms with Gasteiger partial charge in [0.25, 0.3) is 0 Å². The summed E-state index contributed by atoms with van der Waals surface area (Å²) in [6, 6.07) is 33.7. The minimum Gasteiger partial charge on any atom is -0.248 e. The Labute approximate surface area is 217 Å². The second kappa shape index (κ2) is 8.08. The molecule has 0 bridgehead atoms. The van der Waals surface area contributed by atoms with Gasteiger partial charge in [-0.1, -0.05) is 36.4 Å². The summed E-state index contributed by atoms with van der Waals surface area (Å²) in [6.45, 7) is 0. The molecule has 8 rings (SSSR count). The van der Waals surface area contributed by atoms with Gasteiger partial charge in [0.1, 0.15) is 0 Å². The van der Waals surface area contributed by atoms with Gasteiger partial charge in [0.2, 0.25) is 0 Å². The molecule has 6 heteroatoms. The molecule has 0 atom stereocenters. The number of benzene rings is 4. The molecule has 6 nitrogen and oxygen atoms in total. The molecular formula is C32H20N6. The lowest BCUT2D eigenvalue weighted by molar-refractivity contribution is 0.775. The molecule has 0 fully saturated rings. The van der Waals surface area contributed by atoms with Crippen LogP contribution >= 0.6 is 0 Å². The fourth-order valence-electron chi connectivity index (χ4n) is 5.51. The van der Waals surface area contributed by atoms with Crippen molar-refractivity contribution in [3.05, 3.63) is 122 Å². The van der Waals surface area contributed by atoms with Gasteiger partial charge in [0, 0.05) is 57.5 Å². The third-order valence-corrected chi connectivity index (χ3v) is 7.14. The summed E-state index contributed by atoms with van der Waals surface area (Å²) in [6.07, 6.45) is 7.12. The third-order valence-electron chi connectivity index (χ3n) is 7.14. The molecule has 0 unspecified atom stereocenters. The van der Waals surface area contributed by atoms with E-state index < -0.39 is 0 Å². The highest BCUT2D eigenvalue weighted by molar-refractivity contribution is 6.12. The lowest BCUT2D eigenvalue weighted by Crippen LogP contribution is -2.08. The number of rotatable bonds is 3. The first kappa shape index (κ1) is 20.8. The monoisotopic (exact) mass is 488 g/mol. The van der Waals surface area contributed by atoms with Crippen molar-refractivity contribution in [2.45, 2.75) is 0 Å². The van der Waals surface area contributed by atoms with E-state index in [1.165, 1.54) is 10.8 Å². The molecule has 0 N–H and O–H groups in total. The summed E-state index contributed by atoms with van der Waals surface area (Å²) in [7, 11) is 0. The number of hydrogen-bond acceptors (Lipinski definition) is 4. The molecule has 178 valence electrons. The molecule has 0 aliphatic rings. The van der Waals surface area contributed by atoms with Gasteiger partial charge >= 0.3 is 0 Å². The fourth-order valence-corrected chi connectivity index (χ4v) is 5.51. The highest BCUT2D eigenvalue weighted by atomic mass is 15.5. The summed E-state index contributed by atoms with van der Waals surface area (Å²) in [5, 5.41) is 4.68. The van der Waals surface area contributed by atoms with E-state index in [1.54, 1.807) is 24.8 Å². The Balaban J connectivity index is 1.46. The summed E-state index contributed by atoms with van der Waals surface area (Å²) in [4.78, 5) is 17.9. The predicted molar refractivity (Wildman–Crippen MR) is 152 cm³/mol. The molecule has 0 amide bonds. The van der Waals surface area contributed by atoms with Crippen LogP contribution in [0.25, 0.3) is 66.4 Å². The van der Waals surface area contributed by atoms with Crippen molar-refractivity contribution in [3.63, 3.8) is 0 Å². The number of hydrogen-bond donors (Lipinski definition) is 0. The zero-order valence-electron chi connectivity index (χ0n) is 20.2. The average Bonchev–Trinajstić information content (AvgIpc) is 3.49. The molecule has 4 aromatic carbocycles. The van der Waals surface area contributed by atoms with E-state index in [9.17, 15) is 0 Å². The number of nitrogens with zero attached hydrogens (tertiary/aromatic N) is 6. The maximum absolute atomic E-state index is 4.47. The van der Waals surface area contributed by atoms with Crippen LogP contribution in [-0.4, -0.2) is 29.3 Å². The summed E-state index contributed by atoms with van der Waals surface area (Å²) >= 11 is 0. The first-order valence-electron chi connectivity index (χ1n) is 12.5. The van der Waals surface area contributed by atoms with Crippen LogP contribution < -0.4 is 0 Å². The highest BCUT2D eigenvalue weighted by Crippen LogP contribution is 2.37.